The molecule has 0 aromatic carbocycles. The normalized spacial score (nSPS) is 30.1. The predicted molar refractivity (Wildman–Crippen MR) is 66.8 cm³/mol. The van der Waals surface area contributed by atoms with E-state index in [9.17, 15) is 14.3 Å². The van der Waals surface area contributed by atoms with Gasteiger partial charge in [-0.15, -0.1) is 24.0 Å². The van der Waals surface area contributed by atoms with Gasteiger partial charge in [-0.25, -0.2) is 9.18 Å². The van der Waals surface area contributed by atoms with Crippen LogP contribution in [0.25, 0.3) is 0 Å². The van der Waals surface area contributed by atoms with Crippen LogP contribution >= 0.6 is 24.0 Å². The van der Waals surface area contributed by atoms with E-state index in [1.54, 1.807) is 0 Å². The number of aliphatic hydroxyl groups excluding tert-OH is 2. The number of nitrogen functional groups attached to an aromatic ring is 1. The number of ether oxygens (including phenoxy) is 1. The second kappa shape index (κ2) is 6.02. The fraction of sp³-hybridized carbons (Fsp3) is 0.556. The number of alkyl halides is 1. The Kier molecular flexibility index (Phi) is 5.11. The Labute approximate surface area is 118 Å². The van der Waals surface area contributed by atoms with Crippen molar-refractivity contribution in [2.45, 2.75) is 23.8 Å². The molecule has 0 saturated carbocycles. The van der Waals surface area contributed by atoms with Gasteiger partial charge in [0.25, 0.3) is 0 Å². The number of rotatable bonds is 2. The van der Waals surface area contributed by atoms with Crippen LogP contribution in [-0.2, 0) is 4.74 Å². The highest BCUT2D eigenvalue weighted by atomic mass is 35.5. The number of nitrogens with zero attached hydrogens (tertiary/aromatic N) is 2. The summed E-state index contributed by atoms with van der Waals surface area (Å²) in [6.45, 7) is -0.472. The van der Waals surface area contributed by atoms with E-state index in [0.29, 0.717) is 0 Å². The molecule has 1 saturated heterocycles. The third-order valence-corrected chi connectivity index (χ3v) is 3.16. The number of aliphatic hydroxyl groups is 2. The number of aromatic nitrogens is 2. The number of nitrogens with two attached hydrogens (primary N) is 1. The smallest absolute Gasteiger partial charge is 0.351 e. The first-order valence-corrected chi connectivity index (χ1v) is 5.52. The minimum absolute atomic E-state index is 0. The summed E-state index contributed by atoms with van der Waals surface area (Å²) in [5, 5.41) is 17.6. The minimum Gasteiger partial charge on any atom is -0.394 e. The first-order chi connectivity index (χ1) is 8.45. The van der Waals surface area contributed by atoms with E-state index >= 15 is 0 Å². The van der Waals surface area contributed by atoms with Gasteiger partial charge in [-0.2, -0.15) is 4.98 Å². The summed E-state index contributed by atoms with van der Waals surface area (Å²) in [5.41, 5.74) is 4.29. The van der Waals surface area contributed by atoms with Gasteiger partial charge in [0.15, 0.2) is 17.9 Å². The van der Waals surface area contributed by atoms with Gasteiger partial charge < -0.3 is 20.7 Å². The van der Waals surface area contributed by atoms with Crippen molar-refractivity contribution in [2.75, 3.05) is 12.3 Å². The molecule has 4 atom stereocenters. The molecule has 0 unspecified atom stereocenters. The number of hydrogen-bond donors (Lipinski definition) is 3. The lowest BCUT2D eigenvalue weighted by atomic mass is 10.2. The van der Waals surface area contributed by atoms with Crippen molar-refractivity contribution in [1.82, 2.24) is 9.55 Å². The minimum atomic E-state index is -1.17. The lowest BCUT2D eigenvalue weighted by molar-refractivity contribution is -0.0459. The van der Waals surface area contributed by atoms with E-state index in [2.05, 4.69) is 4.98 Å². The zero-order chi connectivity index (χ0) is 13.4. The van der Waals surface area contributed by atoms with Crippen LogP contribution in [0.3, 0.4) is 0 Å². The number of hydrogen-bond acceptors (Lipinski definition) is 6. The predicted octanol–water partition coefficient (Wildman–Crippen LogP) is -0.756. The SMILES string of the molecule is Cl.Nc1nc(=O)n([C@@H]2O[C@H](CO)[C@@H](O)[C@H]2Cl)cc1F. The third kappa shape index (κ3) is 2.82. The van der Waals surface area contributed by atoms with E-state index in [0.717, 1.165) is 10.8 Å². The van der Waals surface area contributed by atoms with Crippen LogP contribution in [0.4, 0.5) is 10.2 Å². The fourth-order valence-electron chi connectivity index (χ4n) is 1.72. The van der Waals surface area contributed by atoms with Crippen LogP contribution in [-0.4, -0.2) is 44.0 Å². The first-order valence-electron chi connectivity index (χ1n) is 5.08. The molecule has 0 amide bonds. The highest BCUT2D eigenvalue weighted by molar-refractivity contribution is 6.21. The Morgan fingerprint density at radius 2 is 2.26 bits per heavy atom. The molecule has 0 bridgehead atoms. The molecule has 0 radical (unpaired) electrons. The molecule has 7 nitrogen and oxygen atoms in total. The Hall–Kier alpha value is -0.930. The van der Waals surface area contributed by atoms with Crippen molar-refractivity contribution in [2.24, 2.45) is 0 Å². The zero-order valence-electron chi connectivity index (χ0n) is 9.44. The average Bonchev–Trinajstić information content (AvgIpc) is 2.61. The van der Waals surface area contributed by atoms with Gasteiger partial charge in [-0.1, -0.05) is 0 Å². The van der Waals surface area contributed by atoms with E-state index < -0.39 is 47.7 Å². The van der Waals surface area contributed by atoms with Crippen LogP contribution < -0.4 is 11.4 Å². The molecule has 2 rings (SSSR count). The van der Waals surface area contributed by atoms with Gasteiger partial charge >= 0.3 is 5.69 Å². The molecule has 1 aliphatic rings. The Morgan fingerprint density at radius 3 is 2.79 bits per heavy atom. The van der Waals surface area contributed by atoms with Crippen LogP contribution in [0.1, 0.15) is 6.23 Å². The standard InChI is InChI=1S/C9H11ClFN3O4.ClH/c10-5-6(16)4(2-15)18-8(5)14-1-3(11)7(12)13-9(14)17;/h1,4-6,8,15-16H,2H2,(H2,12,13,17);1H/t4-,5-,6-,8-;/m1./s1. The van der Waals surface area contributed by atoms with Crippen LogP contribution in [0.5, 0.6) is 0 Å². The Bertz CT molecular complexity index is 515. The highest BCUT2D eigenvalue weighted by Crippen LogP contribution is 2.32. The van der Waals surface area contributed by atoms with E-state index in [4.69, 9.17) is 27.2 Å². The summed E-state index contributed by atoms with van der Waals surface area (Å²) in [5.74, 6) is -1.43. The molecule has 2 heterocycles. The fourth-order valence-corrected chi connectivity index (χ4v) is 2.06. The zero-order valence-corrected chi connectivity index (χ0v) is 11.0. The van der Waals surface area contributed by atoms with E-state index in [-0.39, 0.29) is 12.4 Å². The monoisotopic (exact) mass is 315 g/mol. The average molecular weight is 316 g/mol. The van der Waals surface area contributed by atoms with Crippen molar-refractivity contribution in [1.29, 1.82) is 0 Å². The third-order valence-electron chi connectivity index (χ3n) is 2.68. The maximum absolute atomic E-state index is 13.3. The molecule has 1 fully saturated rings. The molecule has 10 heteroatoms. The van der Waals surface area contributed by atoms with Crippen molar-refractivity contribution in [3.05, 3.63) is 22.5 Å². The van der Waals surface area contributed by atoms with Gasteiger partial charge in [-0.3, -0.25) is 4.57 Å². The maximum Gasteiger partial charge on any atom is 0.351 e. The van der Waals surface area contributed by atoms with Gasteiger partial charge in [0.1, 0.15) is 17.6 Å². The topological polar surface area (TPSA) is 111 Å². The van der Waals surface area contributed by atoms with Crippen molar-refractivity contribution < 1.29 is 19.3 Å². The molecular formula is C9H12Cl2FN3O4. The summed E-state index contributed by atoms with van der Waals surface area (Å²) in [4.78, 5) is 14.8. The maximum atomic E-state index is 13.3. The number of halogens is 3. The summed E-state index contributed by atoms with van der Waals surface area (Å²) in [6, 6.07) is 0. The van der Waals surface area contributed by atoms with E-state index in [1.165, 1.54) is 0 Å². The summed E-state index contributed by atoms with van der Waals surface area (Å²) < 4.78 is 19.2. The highest BCUT2D eigenvalue weighted by Gasteiger charge is 2.43. The quantitative estimate of drug-likeness (QED) is 0.619. The Morgan fingerprint density at radius 1 is 1.63 bits per heavy atom. The van der Waals surface area contributed by atoms with Gasteiger partial charge in [0.05, 0.1) is 12.8 Å². The molecule has 108 valence electrons. The van der Waals surface area contributed by atoms with Crippen LogP contribution in [0.15, 0.2) is 11.0 Å². The second-order valence-corrected chi connectivity index (χ2v) is 4.35. The lowest BCUT2D eigenvalue weighted by Crippen LogP contribution is -2.33. The summed E-state index contributed by atoms with van der Waals surface area (Å²) in [7, 11) is 0. The lowest BCUT2D eigenvalue weighted by Gasteiger charge is -2.16. The van der Waals surface area contributed by atoms with Gasteiger partial charge in [-0.05, 0) is 0 Å². The van der Waals surface area contributed by atoms with Gasteiger partial charge in [0, 0.05) is 0 Å². The molecule has 1 aromatic rings. The van der Waals surface area contributed by atoms with Gasteiger partial charge in [0.2, 0.25) is 0 Å². The number of anilines is 1. The van der Waals surface area contributed by atoms with Crippen molar-refractivity contribution >= 4 is 29.8 Å². The molecule has 0 spiro atoms. The summed E-state index contributed by atoms with van der Waals surface area (Å²) in [6.07, 6.45) is -2.43. The molecule has 1 aromatic heterocycles. The molecule has 19 heavy (non-hydrogen) atoms. The van der Waals surface area contributed by atoms with Crippen molar-refractivity contribution in [3.8, 4) is 0 Å². The van der Waals surface area contributed by atoms with Crippen LogP contribution in [0.2, 0.25) is 0 Å². The molecule has 0 aliphatic carbocycles. The first kappa shape index (κ1) is 16.1. The molecule has 4 N–H and O–H groups in total. The van der Waals surface area contributed by atoms with E-state index in [1.807, 2.05) is 0 Å². The molecular weight excluding hydrogens is 304 g/mol. The summed E-state index contributed by atoms with van der Waals surface area (Å²) >= 11 is 5.87. The van der Waals surface area contributed by atoms with Crippen LogP contribution in [0, 0.1) is 5.82 Å². The Balaban J connectivity index is 0.00000180. The second-order valence-electron chi connectivity index (χ2n) is 3.85. The largest absolute Gasteiger partial charge is 0.394 e. The molecule has 1 aliphatic heterocycles. The van der Waals surface area contributed by atoms with Crippen molar-refractivity contribution in [3.63, 3.8) is 0 Å².